The van der Waals surface area contributed by atoms with Gasteiger partial charge in [0.1, 0.15) is 5.82 Å². The number of aromatic nitrogens is 2. The Morgan fingerprint density at radius 2 is 1.52 bits per heavy atom. The van der Waals surface area contributed by atoms with Crippen molar-refractivity contribution in [2.75, 3.05) is 5.32 Å². The molecule has 124 valence electrons. The maximum atomic E-state index is 6.08. The fourth-order valence-electron chi connectivity index (χ4n) is 2.59. The Morgan fingerprint density at radius 3 is 2.32 bits per heavy atom. The summed E-state index contributed by atoms with van der Waals surface area (Å²) in [5, 5.41) is 5.01. The van der Waals surface area contributed by atoms with Crippen LogP contribution in [0.1, 0.15) is 0 Å². The van der Waals surface area contributed by atoms with Gasteiger partial charge in [-0.3, -0.25) is 0 Å². The zero-order valence-electron chi connectivity index (χ0n) is 13.2. The molecule has 0 saturated heterocycles. The van der Waals surface area contributed by atoms with Crippen LogP contribution in [0.3, 0.4) is 0 Å². The third-order valence-corrected chi connectivity index (χ3v) is 3.96. The van der Waals surface area contributed by atoms with Gasteiger partial charge in [0, 0.05) is 21.7 Å². The molecule has 0 fully saturated rings. The molecular weight excluding hydrogens is 353 g/mol. The van der Waals surface area contributed by atoms with Crippen molar-refractivity contribution in [3.8, 4) is 11.4 Å². The van der Waals surface area contributed by atoms with E-state index in [0.717, 1.165) is 28.0 Å². The number of nitrogens with zero attached hydrogens (tertiary/aromatic N) is 2. The first kappa shape index (κ1) is 17.2. The molecule has 0 aliphatic carbocycles. The van der Waals surface area contributed by atoms with Crippen LogP contribution in [0, 0.1) is 0 Å². The van der Waals surface area contributed by atoms with E-state index in [4.69, 9.17) is 16.6 Å². The number of fused-ring (bicyclic) bond motifs is 1. The second-order valence-electron chi connectivity index (χ2n) is 5.41. The lowest BCUT2D eigenvalue weighted by Gasteiger charge is -2.11. The Hall–Kier alpha value is -2.62. The summed E-state index contributed by atoms with van der Waals surface area (Å²) in [5.74, 6) is 1.46. The van der Waals surface area contributed by atoms with Crippen LogP contribution >= 0.6 is 24.0 Å². The van der Waals surface area contributed by atoms with Crippen molar-refractivity contribution in [1.82, 2.24) is 9.97 Å². The second kappa shape index (κ2) is 7.51. The van der Waals surface area contributed by atoms with Crippen LogP contribution in [0.25, 0.3) is 22.3 Å². The van der Waals surface area contributed by atoms with Gasteiger partial charge < -0.3 is 5.32 Å². The summed E-state index contributed by atoms with van der Waals surface area (Å²) in [6.45, 7) is 0. The lowest BCUT2D eigenvalue weighted by Crippen LogP contribution is -1.99. The number of halogens is 2. The van der Waals surface area contributed by atoms with Gasteiger partial charge >= 0.3 is 0 Å². The molecule has 0 bridgehead atoms. The van der Waals surface area contributed by atoms with Crippen LogP contribution in [-0.2, 0) is 0 Å². The smallest absolute Gasteiger partial charge is 0.162 e. The zero-order valence-corrected chi connectivity index (χ0v) is 14.8. The maximum Gasteiger partial charge on any atom is 0.162 e. The quantitative estimate of drug-likeness (QED) is 0.474. The molecule has 5 heteroatoms. The van der Waals surface area contributed by atoms with Gasteiger partial charge in [-0.05, 0) is 30.3 Å². The van der Waals surface area contributed by atoms with Gasteiger partial charge in [-0.1, -0.05) is 60.1 Å². The first-order valence-electron chi connectivity index (χ1n) is 7.64. The van der Waals surface area contributed by atoms with Gasteiger partial charge in [0.05, 0.1) is 5.52 Å². The molecule has 0 saturated carbocycles. The molecule has 1 heterocycles. The molecule has 0 radical (unpaired) electrons. The summed E-state index contributed by atoms with van der Waals surface area (Å²) in [6.07, 6.45) is 0. The minimum Gasteiger partial charge on any atom is -0.340 e. The van der Waals surface area contributed by atoms with Crippen LogP contribution in [0.4, 0.5) is 11.5 Å². The van der Waals surface area contributed by atoms with E-state index in [1.54, 1.807) is 0 Å². The van der Waals surface area contributed by atoms with Crippen LogP contribution in [0.5, 0.6) is 0 Å². The molecule has 3 nitrogen and oxygen atoms in total. The van der Waals surface area contributed by atoms with Crippen molar-refractivity contribution in [2.45, 2.75) is 0 Å². The lowest BCUT2D eigenvalue weighted by atomic mass is 10.2. The third-order valence-electron chi connectivity index (χ3n) is 3.72. The van der Waals surface area contributed by atoms with E-state index in [0.29, 0.717) is 10.8 Å². The van der Waals surface area contributed by atoms with Crippen molar-refractivity contribution in [3.05, 3.63) is 83.9 Å². The highest BCUT2D eigenvalue weighted by atomic mass is 35.5. The van der Waals surface area contributed by atoms with E-state index in [1.165, 1.54) is 0 Å². The lowest BCUT2D eigenvalue weighted by molar-refractivity contribution is 1.22. The molecule has 4 rings (SSSR count). The summed E-state index contributed by atoms with van der Waals surface area (Å²) in [7, 11) is 0. The van der Waals surface area contributed by atoms with Crippen molar-refractivity contribution < 1.29 is 0 Å². The Kier molecular flexibility index (Phi) is 5.17. The average Bonchev–Trinajstić information content (AvgIpc) is 2.62. The predicted octanol–water partition coefficient (Wildman–Crippen LogP) is 6.12. The summed E-state index contributed by atoms with van der Waals surface area (Å²) in [5.41, 5.74) is 2.78. The van der Waals surface area contributed by atoms with E-state index in [9.17, 15) is 0 Å². The van der Waals surface area contributed by atoms with E-state index < -0.39 is 0 Å². The van der Waals surface area contributed by atoms with Gasteiger partial charge in [0.15, 0.2) is 5.82 Å². The van der Waals surface area contributed by atoms with Crippen LogP contribution in [0.2, 0.25) is 5.02 Å². The highest BCUT2D eigenvalue weighted by Gasteiger charge is 2.09. The molecular formula is C20H15Cl2N3. The van der Waals surface area contributed by atoms with Gasteiger partial charge in [0.2, 0.25) is 0 Å². The molecule has 25 heavy (non-hydrogen) atoms. The van der Waals surface area contributed by atoms with Crippen molar-refractivity contribution >= 4 is 46.4 Å². The number of anilines is 2. The Bertz CT molecular complexity index is 1000. The van der Waals surface area contributed by atoms with Gasteiger partial charge in [-0.25, -0.2) is 9.97 Å². The maximum absolute atomic E-state index is 6.08. The van der Waals surface area contributed by atoms with E-state index in [2.05, 4.69) is 10.3 Å². The molecule has 0 atom stereocenters. The fraction of sp³-hybridized carbons (Fsp3) is 0. The molecule has 0 unspecified atom stereocenters. The number of hydrogen-bond acceptors (Lipinski definition) is 3. The van der Waals surface area contributed by atoms with Crippen LogP contribution in [-0.4, -0.2) is 9.97 Å². The number of para-hydroxylation sites is 1. The van der Waals surface area contributed by atoms with E-state index in [-0.39, 0.29) is 12.4 Å². The average molecular weight is 368 g/mol. The predicted molar refractivity (Wildman–Crippen MR) is 107 cm³/mol. The van der Waals surface area contributed by atoms with E-state index >= 15 is 0 Å². The number of nitrogens with one attached hydrogen (secondary N) is 1. The molecule has 0 spiro atoms. The summed E-state index contributed by atoms with van der Waals surface area (Å²) in [6, 6.07) is 25.5. The second-order valence-corrected chi connectivity index (χ2v) is 5.85. The molecule has 0 amide bonds. The Balaban J connectivity index is 0.00000182. The first-order valence-corrected chi connectivity index (χ1v) is 8.02. The monoisotopic (exact) mass is 367 g/mol. The highest BCUT2D eigenvalue weighted by Crippen LogP contribution is 2.28. The third kappa shape index (κ3) is 3.73. The first-order chi connectivity index (χ1) is 11.8. The zero-order chi connectivity index (χ0) is 16.4. The molecule has 1 aromatic heterocycles. The summed E-state index contributed by atoms with van der Waals surface area (Å²) < 4.78 is 0. The minimum absolute atomic E-state index is 0. The highest BCUT2D eigenvalue weighted by molar-refractivity contribution is 6.30. The molecule has 3 aromatic carbocycles. The van der Waals surface area contributed by atoms with Crippen molar-refractivity contribution in [2.24, 2.45) is 0 Å². The molecule has 0 aliphatic rings. The Morgan fingerprint density at radius 1 is 0.760 bits per heavy atom. The molecule has 4 aromatic rings. The number of hydrogen-bond donors (Lipinski definition) is 1. The number of rotatable bonds is 3. The SMILES string of the molecule is Cl.Clc1cccc(Nc2nc(-c3ccccc3)nc3ccccc23)c1. The largest absolute Gasteiger partial charge is 0.340 e. The van der Waals surface area contributed by atoms with Gasteiger partial charge in [-0.15, -0.1) is 12.4 Å². The van der Waals surface area contributed by atoms with Crippen molar-refractivity contribution in [3.63, 3.8) is 0 Å². The summed E-state index contributed by atoms with van der Waals surface area (Å²) >= 11 is 6.08. The fourth-order valence-corrected chi connectivity index (χ4v) is 2.78. The van der Waals surface area contributed by atoms with Crippen LogP contribution in [0.15, 0.2) is 78.9 Å². The minimum atomic E-state index is 0. The van der Waals surface area contributed by atoms with Gasteiger partial charge in [-0.2, -0.15) is 0 Å². The van der Waals surface area contributed by atoms with Gasteiger partial charge in [0.25, 0.3) is 0 Å². The summed E-state index contributed by atoms with van der Waals surface area (Å²) in [4.78, 5) is 9.42. The van der Waals surface area contributed by atoms with Crippen LogP contribution < -0.4 is 5.32 Å². The molecule has 0 aliphatic heterocycles. The standard InChI is InChI=1S/C20H14ClN3.ClH/c21-15-9-6-10-16(13-15)22-20-17-11-4-5-12-18(17)23-19(24-20)14-7-2-1-3-8-14;/h1-13H,(H,22,23,24);1H. The topological polar surface area (TPSA) is 37.8 Å². The molecule has 1 N–H and O–H groups in total. The number of benzene rings is 3. The normalized spacial score (nSPS) is 10.3. The van der Waals surface area contributed by atoms with Crippen molar-refractivity contribution in [1.29, 1.82) is 0 Å². The van der Waals surface area contributed by atoms with E-state index in [1.807, 2.05) is 78.9 Å². The Labute approximate surface area is 157 Å².